The van der Waals surface area contributed by atoms with Crippen LogP contribution in [-0.2, 0) is 0 Å². The van der Waals surface area contributed by atoms with Crippen LogP contribution in [-0.4, -0.2) is 15.3 Å². The Labute approximate surface area is 115 Å². The Morgan fingerprint density at radius 3 is 2.79 bits per heavy atom. The third-order valence-corrected chi connectivity index (χ3v) is 3.95. The van der Waals surface area contributed by atoms with Crippen LogP contribution in [0.15, 0.2) is 10.9 Å². The number of hydrogen-bond acceptors (Lipinski definition) is 5. The topological polar surface area (TPSA) is 95.9 Å². The molecule has 4 N–H and O–H groups in total. The number of rotatable bonds is 1. The van der Waals surface area contributed by atoms with Gasteiger partial charge in [-0.15, -0.1) is 0 Å². The minimum absolute atomic E-state index is 0.0379. The van der Waals surface area contributed by atoms with Crippen molar-refractivity contribution in [2.75, 3.05) is 10.7 Å². The molecule has 0 atom stereocenters. The minimum atomic E-state index is -0.367. The zero-order valence-electron chi connectivity index (χ0n) is 10.2. The van der Waals surface area contributed by atoms with Gasteiger partial charge in [0.1, 0.15) is 28.1 Å². The third-order valence-electron chi connectivity index (χ3n) is 3.73. The number of thiocarbonyl (C=S) groups is 1. The van der Waals surface area contributed by atoms with Crippen molar-refractivity contribution in [3.05, 3.63) is 27.5 Å². The monoisotopic (exact) mass is 275 g/mol. The number of aromatic nitrogens is 1. The van der Waals surface area contributed by atoms with Crippen molar-refractivity contribution in [2.45, 2.75) is 31.3 Å². The lowest BCUT2D eigenvalue weighted by Crippen LogP contribution is -2.42. The van der Waals surface area contributed by atoms with Crippen LogP contribution in [0.4, 0.5) is 5.82 Å². The van der Waals surface area contributed by atoms with Crippen molar-refractivity contribution in [3.63, 3.8) is 0 Å². The van der Waals surface area contributed by atoms with Gasteiger partial charge in [-0.25, -0.2) is 4.68 Å². The average molecular weight is 275 g/mol. The fraction of sp³-hybridized carbons (Fsp3) is 0.417. The maximum Gasteiger partial charge on any atom is 0.288 e. The summed E-state index contributed by atoms with van der Waals surface area (Å²) in [7, 11) is 0. The van der Waals surface area contributed by atoms with E-state index in [2.05, 4.69) is 10.7 Å². The Balaban J connectivity index is 2.20. The number of nitrogens with zero attached hydrogens (tertiary/aromatic N) is 2. The second-order valence-corrected chi connectivity index (χ2v) is 5.40. The normalized spacial score (nSPS) is 18.5. The molecule has 0 radical (unpaired) electrons. The van der Waals surface area contributed by atoms with E-state index in [0.29, 0.717) is 11.4 Å². The molecule has 1 spiro atoms. The lowest BCUT2D eigenvalue weighted by Gasteiger charge is -2.23. The predicted molar refractivity (Wildman–Crippen MR) is 75.5 cm³/mol. The van der Waals surface area contributed by atoms with E-state index in [0.717, 1.165) is 25.7 Å². The molecule has 1 aliphatic carbocycles. The van der Waals surface area contributed by atoms with Crippen LogP contribution >= 0.6 is 12.2 Å². The van der Waals surface area contributed by atoms with Gasteiger partial charge in [0.25, 0.3) is 5.56 Å². The fourth-order valence-electron chi connectivity index (χ4n) is 2.80. The quantitative estimate of drug-likeness (QED) is 0.649. The Bertz CT molecular complexity index is 666. The number of anilines is 1. The SMILES string of the molecule is N#Cc1cc(C(N)=S)c2n(c1=O)NC1(CCCC1)N2. The molecule has 0 saturated heterocycles. The van der Waals surface area contributed by atoms with Gasteiger partial charge >= 0.3 is 0 Å². The molecule has 1 aromatic rings. The molecule has 0 aromatic carbocycles. The summed E-state index contributed by atoms with van der Waals surface area (Å²) < 4.78 is 1.37. The average Bonchev–Trinajstić information content (AvgIpc) is 2.98. The molecule has 1 fully saturated rings. The van der Waals surface area contributed by atoms with Crippen molar-refractivity contribution >= 4 is 23.0 Å². The first-order valence-corrected chi connectivity index (χ1v) is 6.53. The van der Waals surface area contributed by atoms with Crippen LogP contribution in [0.25, 0.3) is 0 Å². The molecule has 19 heavy (non-hydrogen) atoms. The highest BCUT2D eigenvalue weighted by Crippen LogP contribution is 2.36. The van der Waals surface area contributed by atoms with Gasteiger partial charge < -0.3 is 11.1 Å². The van der Waals surface area contributed by atoms with Gasteiger partial charge in [-0.3, -0.25) is 10.2 Å². The van der Waals surface area contributed by atoms with Crippen LogP contribution < -0.4 is 22.0 Å². The summed E-state index contributed by atoms with van der Waals surface area (Å²) in [5, 5.41) is 12.3. The summed E-state index contributed by atoms with van der Waals surface area (Å²) in [6.07, 6.45) is 4.03. The highest BCUT2D eigenvalue weighted by atomic mass is 32.1. The van der Waals surface area contributed by atoms with Crippen LogP contribution in [0.1, 0.15) is 36.8 Å². The Morgan fingerprint density at radius 1 is 1.53 bits per heavy atom. The first kappa shape index (κ1) is 12.0. The van der Waals surface area contributed by atoms with Gasteiger partial charge in [0.2, 0.25) is 0 Å². The third kappa shape index (κ3) is 1.68. The van der Waals surface area contributed by atoms with Crippen molar-refractivity contribution in [3.8, 4) is 6.07 Å². The number of hydrogen-bond donors (Lipinski definition) is 3. The molecule has 0 amide bonds. The van der Waals surface area contributed by atoms with Gasteiger partial charge in [-0.05, 0) is 31.7 Å². The van der Waals surface area contributed by atoms with Gasteiger partial charge in [0.05, 0.1) is 5.56 Å². The molecule has 7 heteroatoms. The zero-order chi connectivity index (χ0) is 13.6. The molecule has 98 valence electrons. The van der Waals surface area contributed by atoms with Gasteiger partial charge in [-0.2, -0.15) is 5.26 Å². The van der Waals surface area contributed by atoms with E-state index in [-0.39, 0.29) is 21.8 Å². The van der Waals surface area contributed by atoms with Crippen LogP contribution in [0.5, 0.6) is 0 Å². The summed E-state index contributed by atoms with van der Waals surface area (Å²) in [6, 6.07) is 3.34. The standard InChI is InChI=1S/C12H13N5OS/c13-6-7-5-8(9(14)19)10-15-12(3-1-2-4-12)16-17(10)11(7)18/h5,15-16H,1-4H2,(H2,14,19). The Morgan fingerprint density at radius 2 is 2.21 bits per heavy atom. The molecule has 0 bridgehead atoms. The molecule has 1 saturated carbocycles. The number of nitriles is 1. The molecule has 2 aliphatic rings. The molecule has 1 aromatic heterocycles. The molecule has 0 unspecified atom stereocenters. The second-order valence-electron chi connectivity index (χ2n) is 4.96. The molecule has 1 aliphatic heterocycles. The van der Waals surface area contributed by atoms with Crippen LogP contribution in [0.3, 0.4) is 0 Å². The summed E-state index contributed by atoms with van der Waals surface area (Å²) in [5.74, 6) is 0.568. The van der Waals surface area contributed by atoms with Crippen molar-refractivity contribution in [1.29, 1.82) is 5.26 Å². The minimum Gasteiger partial charge on any atom is -0.389 e. The molecular weight excluding hydrogens is 262 g/mol. The number of pyridine rings is 1. The van der Waals surface area contributed by atoms with Crippen molar-refractivity contribution in [1.82, 2.24) is 4.68 Å². The molecule has 3 rings (SSSR count). The first-order chi connectivity index (χ1) is 9.06. The highest BCUT2D eigenvalue weighted by molar-refractivity contribution is 7.80. The lowest BCUT2D eigenvalue weighted by atomic mass is 10.1. The smallest absolute Gasteiger partial charge is 0.288 e. The summed E-state index contributed by atoms with van der Waals surface area (Å²) in [6.45, 7) is 0. The van der Waals surface area contributed by atoms with Crippen molar-refractivity contribution < 1.29 is 0 Å². The maximum absolute atomic E-state index is 12.2. The Kier molecular flexibility index (Phi) is 2.50. The first-order valence-electron chi connectivity index (χ1n) is 6.13. The van der Waals surface area contributed by atoms with E-state index < -0.39 is 0 Å². The summed E-state index contributed by atoms with van der Waals surface area (Å²) in [4.78, 5) is 12.3. The summed E-state index contributed by atoms with van der Waals surface area (Å²) in [5.41, 5.74) is 8.76. The molecule has 6 nitrogen and oxygen atoms in total. The maximum atomic E-state index is 12.2. The van der Waals surface area contributed by atoms with Crippen LogP contribution in [0, 0.1) is 11.3 Å². The number of fused-ring (bicyclic) bond motifs is 1. The van der Waals surface area contributed by atoms with E-state index in [1.54, 1.807) is 0 Å². The number of nitrogens with one attached hydrogen (secondary N) is 2. The van der Waals surface area contributed by atoms with E-state index in [1.807, 2.05) is 6.07 Å². The van der Waals surface area contributed by atoms with Gasteiger partial charge in [-0.1, -0.05) is 12.2 Å². The van der Waals surface area contributed by atoms with E-state index in [4.69, 9.17) is 23.2 Å². The highest BCUT2D eigenvalue weighted by Gasteiger charge is 2.41. The lowest BCUT2D eigenvalue weighted by molar-refractivity contribution is 0.530. The largest absolute Gasteiger partial charge is 0.389 e. The second kappa shape index (κ2) is 3.96. The van der Waals surface area contributed by atoms with Gasteiger partial charge in [0.15, 0.2) is 0 Å². The van der Waals surface area contributed by atoms with Crippen molar-refractivity contribution in [2.24, 2.45) is 5.73 Å². The Hall–Kier alpha value is -2.07. The predicted octanol–water partition coefficient (Wildman–Crippen LogP) is 0.593. The van der Waals surface area contributed by atoms with E-state index in [1.165, 1.54) is 10.7 Å². The van der Waals surface area contributed by atoms with E-state index >= 15 is 0 Å². The summed E-state index contributed by atoms with van der Waals surface area (Å²) >= 11 is 5.00. The van der Waals surface area contributed by atoms with Gasteiger partial charge in [0, 0.05) is 0 Å². The zero-order valence-corrected chi connectivity index (χ0v) is 11.0. The van der Waals surface area contributed by atoms with Crippen LogP contribution in [0.2, 0.25) is 0 Å². The number of nitrogens with two attached hydrogens (primary N) is 1. The molecule has 2 heterocycles. The molecular formula is C12H13N5OS. The fourth-order valence-corrected chi connectivity index (χ4v) is 2.95. The van der Waals surface area contributed by atoms with E-state index in [9.17, 15) is 4.79 Å².